The third-order valence-electron chi connectivity index (χ3n) is 4.19. The van der Waals surface area contributed by atoms with E-state index in [1.165, 1.54) is 16.8 Å². The second kappa shape index (κ2) is 6.44. The van der Waals surface area contributed by atoms with Crippen LogP contribution in [-0.2, 0) is 16.4 Å². The number of hydrogen-bond donors (Lipinski definition) is 1. The minimum atomic E-state index is -3.13. The van der Waals surface area contributed by atoms with Gasteiger partial charge in [-0.3, -0.25) is 9.59 Å². The molecule has 1 aromatic heterocycles. The van der Waals surface area contributed by atoms with Gasteiger partial charge in [0.15, 0.2) is 9.84 Å². The van der Waals surface area contributed by atoms with Gasteiger partial charge in [0.25, 0.3) is 11.5 Å². The molecule has 1 aromatic carbocycles. The lowest BCUT2D eigenvalue weighted by Gasteiger charge is -2.23. The molecule has 132 valence electrons. The van der Waals surface area contributed by atoms with Gasteiger partial charge in [-0.05, 0) is 25.0 Å². The quantitative estimate of drug-likeness (QED) is 0.860. The lowest BCUT2D eigenvalue weighted by molar-refractivity contribution is 0.0907. The smallest absolute Gasteiger partial charge is 0.272 e. The Balaban J connectivity index is 1.80. The highest BCUT2D eigenvalue weighted by atomic mass is 32.2. The predicted octanol–water partition coefficient (Wildman–Crippen LogP) is 0.599. The Morgan fingerprint density at radius 1 is 1.24 bits per heavy atom. The molecule has 1 fully saturated rings. The van der Waals surface area contributed by atoms with Crippen LogP contribution in [0.2, 0.25) is 0 Å². The Morgan fingerprint density at radius 3 is 2.60 bits per heavy atom. The summed E-state index contributed by atoms with van der Waals surface area (Å²) in [6.45, 7) is 1.96. The first-order valence-corrected chi connectivity index (χ1v) is 9.74. The van der Waals surface area contributed by atoms with Crippen molar-refractivity contribution in [1.29, 1.82) is 0 Å². The first kappa shape index (κ1) is 17.3. The van der Waals surface area contributed by atoms with Gasteiger partial charge >= 0.3 is 0 Å². The molecule has 3 rings (SSSR count). The van der Waals surface area contributed by atoms with Crippen molar-refractivity contribution < 1.29 is 13.2 Å². The van der Waals surface area contributed by atoms with Gasteiger partial charge in [-0.2, -0.15) is 5.10 Å². The molecule has 0 saturated carbocycles. The average Bonchev–Trinajstić information content (AvgIpc) is 2.83. The first-order chi connectivity index (χ1) is 11.8. The Labute approximate surface area is 145 Å². The summed E-state index contributed by atoms with van der Waals surface area (Å²) in [6, 6.07) is 12.0. The first-order valence-electron chi connectivity index (χ1n) is 7.91. The van der Waals surface area contributed by atoms with Crippen LogP contribution < -0.4 is 10.9 Å². The van der Waals surface area contributed by atoms with Gasteiger partial charge in [-0.25, -0.2) is 13.1 Å². The number of carbonyl (C=O) groups is 1. The highest BCUT2D eigenvalue weighted by Crippen LogP contribution is 2.23. The summed E-state index contributed by atoms with van der Waals surface area (Å²) in [5.41, 5.74) is -0.141. The molecule has 0 radical (unpaired) electrons. The zero-order valence-electron chi connectivity index (χ0n) is 13.8. The number of rotatable bonds is 4. The van der Waals surface area contributed by atoms with Gasteiger partial charge in [-0.15, -0.1) is 0 Å². The van der Waals surface area contributed by atoms with Crippen LogP contribution in [0.5, 0.6) is 0 Å². The van der Waals surface area contributed by atoms with Gasteiger partial charge in [-0.1, -0.05) is 30.3 Å². The molecule has 1 amide bonds. The summed E-state index contributed by atoms with van der Waals surface area (Å²) in [4.78, 5) is 24.4. The van der Waals surface area contributed by atoms with Crippen molar-refractivity contribution in [2.24, 2.45) is 0 Å². The van der Waals surface area contributed by atoms with E-state index in [1.54, 1.807) is 6.92 Å². The number of sulfone groups is 1. The van der Waals surface area contributed by atoms with Gasteiger partial charge in [0, 0.05) is 6.07 Å². The van der Waals surface area contributed by atoms with Crippen LogP contribution >= 0.6 is 0 Å². The third kappa shape index (κ3) is 4.14. The molecule has 1 N–H and O–H groups in total. The molecule has 8 heteroatoms. The fourth-order valence-electron chi connectivity index (χ4n) is 2.89. The van der Waals surface area contributed by atoms with E-state index in [0.29, 0.717) is 6.42 Å². The molecule has 1 saturated heterocycles. The maximum absolute atomic E-state index is 12.4. The van der Waals surface area contributed by atoms with E-state index in [4.69, 9.17) is 0 Å². The summed E-state index contributed by atoms with van der Waals surface area (Å²) >= 11 is 0. The molecule has 1 atom stereocenters. The number of nitrogens with zero attached hydrogens (tertiary/aromatic N) is 2. The Hall–Kier alpha value is -2.48. The van der Waals surface area contributed by atoms with Crippen LogP contribution in [0.3, 0.4) is 0 Å². The van der Waals surface area contributed by atoms with E-state index >= 15 is 0 Å². The zero-order chi connectivity index (χ0) is 18.1. The molecule has 1 aliphatic heterocycles. The molecule has 1 aliphatic rings. The summed E-state index contributed by atoms with van der Waals surface area (Å²) < 4.78 is 24.5. The fraction of sp³-hybridized carbons (Fsp3) is 0.353. The molecule has 7 nitrogen and oxygen atoms in total. The molecule has 0 spiro atoms. The van der Waals surface area contributed by atoms with E-state index < -0.39 is 21.3 Å². The minimum absolute atomic E-state index is 0.0602. The third-order valence-corrected chi connectivity index (χ3v) is 6.10. The highest BCUT2D eigenvalue weighted by Gasteiger charge is 2.39. The monoisotopic (exact) mass is 361 g/mol. The number of hydrogen-bond acceptors (Lipinski definition) is 5. The molecule has 0 bridgehead atoms. The van der Waals surface area contributed by atoms with E-state index in [1.807, 2.05) is 30.3 Å². The van der Waals surface area contributed by atoms with Gasteiger partial charge in [0.05, 0.1) is 23.6 Å². The Morgan fingerprint density at radius 2 is 1.96 bits per heavy atom. The maximum atomic E-state index is 12.4. The van der Waals surface area contributed by atoms with E-state index in [-0.39, 0.29) is 29.3 Å². The number of aromatic nitrogens is 2. The van der Waals surface area contributed by atoms with Crippen molar-refractivity contribution in [2.75, 3.05) is 11.5 Å². The lowest BCUT2D eigenvalue weighted by Crippen LogP contribution is -2.47. The predicted molar refractivity (Wildman–Crippen MR) is 93.2 cm³/mol. The van der Waals surface area contributed by atoms with Crippen LogP contribution in [0.1, 0.15) is 29.4 Å². The minimum Gasteiger partial charge on any atom is -0.344 e. The largest absolute Gasteiger partial charge is 0.344 e. The van der Waals surface area contributed by atoms with Crippen molar-refractivity contribution in [3.63, 3.8) is 0 Å². The van der Waals surface area contributed by atoms with Crippen LogP contribution in [0.25, 0.3) is 0 Å². The molecule has 25 heavy (non-hydrogen) atoms. The average molecular weight is 361 g/mol. The van der Waals surface area contributed by atoms with Crippen molar-refractivity contribution in [2.45, 2.75) is 25.4 Å². The van der Waals surface area contributed by atoms with Crippen LogP contribution in [0, 0.1) is 0 Å². The second-order valence-corrected chi connectivity index (χ2v) is 8.74. The topological polar surface area (TPSA) is 98.1 Å². The number of nitrogens with one attached hydrogen (secondary N) is 1. The fourth-order valence-corrected chi connectivity index (χ4v) is 4.98. The van der Waals surface area contributed by atoms with E-state index in [9.17, 15) is 18.0 Å². The van der Waals surface area contributed by atoms with Crippen LogP contribution in [0.15, 0.2) is 47.3 Å². The summed E-state index contributed by atoms with van der Waals surface area (Å²) in [5, 5.41) is 6.86. The molecule has 0 aliphatic carbocycles. The lowest BCUT2D eigenvalue weighted by atomic mass is 10.0. The van der Waals surface area contributed by atoms with Crippen molar-refractivity contribution in [3.05, 3.63) is 64.1 Å². The Kier molecular flexibility index (Phi) is 4.47. The van der Waals surface area contributed by atoms with Gasteiger partial charge < -0.3 is 5.32 Å². The normalized spacial score (nSPS) is 21.8. The molecule has 2 heterocycles. The van der Waals surface area contributed by atoms with Crippen molar-refractivity contribution >= 4 is 15.7 Å². The molecule has 2 aromatic rings. The van der Waals surface area contributed by atoms with Gasteiger partial charge in [0.2, 0.25) is 0 Å². The molecule has 1 unspecified atom stereocenters. The Bertz CT molecular complexity index is 953. The van der Waals surface area contributed by atoms with Crippen molar-refractivity contribution in [1.82, 2.24) is 15.1 Å². The summed E-state index contributed by atoms with van der Waals surface area (Å²) in [7, 11) is -3.13. The number of carbonyl (C=O) groups excluding carboxylic acids is 1. The van der Waals surface area contributed by atoms with Crippen LogP contribution in [0.4, 0.5) is 0 Å². The van der Waals surface area contributed by atoms with Gasteiger partial charge in [0.1, 0.15) is 5.69 Å². The molecular formula is C17H19N3O4S. The van der Waals surface area contributed by atoms with Crippen LogP contribution in [-0.4, -0.2) is 41.2 Å². The molecular weight excluding hydrogens is 342 g/mol. The second-order valence-electron chi connectivity index (χ2n) is 6.56. The zero-order valence-corrected chi connectivity index (χ0v) is 14.6. The van der Waals surface area contributed by atoms with Crippen molar-refractivity contribution in [3.8, 4) is 0 Å². The maximum Gasteiger partial charge on any atom is 0.272 e. The summed E-state index contributed by atoms with van der Waals surface area (Å²) in [6.07, 6.45) is 0.366. The highest BCUT2D eigenvalue weighted by molar-refractivity contribution is 7.91. The SMILES string of the molecule is CC1(NC(=O)c2ccc(=O)n(Cc3ccccc3)n2)CCS(=O)(=O)C1. The number of benzene rings is 1. The number of amides is 1. The van der Waals surface area contributed by atoms with E-state index in [2.05, 4.69) is 10.4 Å². The summed E-state index contributed by atoms with van der Waals surface area (Å²) in [5.74, 6) is -0.512. The standard InChI is InChI=1S/C17H19N3O4S/c1-17(9-10-25(23,24)12-17)18-16(22)14-7-8-15(21)20(19-14)11-13-5-3-2-4-6-13/h2-8H,9-12H2,1H3,(H,18,22). The van der Waals surface area contributed by atoms with E-state index in [0.717, 1.165) is 5.56 Å².